The van der Waals surface area contributed by atoms with Crippen LogP contribution in [0.1, 0.15) is 41.5 Å². The van der Waals surface area contributed by atoms with Gasteiger partial charge in [-0.25, -0.2) is 0 Å². The third kappa shape index (κ3) is 277. The Hall–Kier alpha value is 2.12. The van der Waals surface area contributed by atoms with E-state index in [4.69, 9.17) is 0 Å². The zero-order valence-electron chi connectivity index (χ0n) is 8.41. The maximum absolute atomic E-state index is 2.23. The van der Waals surface area contributed by atoms with Crippen LogP contribution < -0.4 is 0 Å². The third-order valence-corrected chi connectivity index (χ3v) is 0. The first kappa shape index (κ1) is 18.8. The molecule has 0 aliphatic carbocycles. The quantitative estimate of drug-likeness (QED) is 0.518. The van der Waals surface area contributed by atoms with Crippen molar-refractivity contribution in [3.8, 4) is 0 Å². The fourth-order valence-electron chi connectivity index (χ4n) is 0. The SMILES string of the molecule is C[C](C)(C)[Sn].C[C](C)(C)[Sn].[Se]. The molecule has 0 aromatic heterocycles. The summed E-state index contributed by atoms with van der Waals surface area (Å²) in [4.78, 5) is 0. The molecule has 0 N–H and O–H groups in total. The summed E-state index contributed by atoms with van der Waals surface area (Å²) in [5, 5.41) is 0. The van der Waals surface area contributed by atoms with Gasteiger partial charge in [0.2, 0.25) is 0 Å². The minimum Gasteiger partial charge on any atom is 0 e. The van der Waals surface area contributed by atoms with Gasteiger partial charge in [0.25, 0.3) is 0 Å². The van der Waals surface area contributed by atoms with E-state index in [1.807, 2.05) is 0 Å². The van der Waals surface area contributed by atoms with E-state index in [9.17, 15) is 0 Å². The number of hydrogen-bond donors (Lipinski definition) is 0. The first-order chi connectivity index (χ1) is 4.00. The van der Waals surface area contributed by atoms with E-state index >= 15 is 0 Å². The van der Waals surface area contributed by atoms with E-state index < -0.39 is 0 Å². The van der Waals surface area contributed by atoms with Crippen molar-refractivity contribution < 1.29 is 0 Å². The largest absolute Gasteiger partial charge is 0 e. The second-order valence-electron chi connectivity index (χ2n) is 4.50. The Morgan fingerprint density at radius 2 is 0.636 bits per heavy atom. The van der Waals surface area contributed by atoms with Gasteiger partial charge in [0.15, 0.2) is 0 Å². The van der Waals surface area contributed by atoms with Crippen molar-refractivity contribution in [2.75, 3.05) is 0 Å². The molecule has 0 rings (SSSR count). The van der Waals surface area contributed by atoms with Crippen molar-refractivity contribution in [2.45, 2.75) is 48.4 Å². The molecule has 0 aromatic rings. The van der Waals surface area contributed by atoms with Gasteiger partial charge in [-0.2, -0.15) is 0 Å². The van der Waals surface area contributed by atoms with Crippen molar-refractivity contribution in [2.24, 2.45) is 0 Å². The monoisotopic (exact) mass is 434 g/mol. The van der Waals surface area contributed by atoms with E-state index in [0.717, 1.165) is 0 Å². The molecule has 0 atom stereocenters. The molecule has 11 heavy (non-hydrogen) atoms. The van der Waals surface area contributed by atoms with Crippen molar-refractivity contribution >= 4 is 62.1 Å². The summed E-state index contributed by atoms with van der Waals surface area (Å²) in [5.74, 6) is 0. The summed E-state index contributed by atoms with van der Waals surface area (Å²) < 4.78 is 1.18. The maximum Gasteiger partial charge on any atom is 0 e. The van der Waals surface area contributed by atoms with Crippen LogP contribution in [0.15, 0.2) is 0 Å². The smallest absolute Gasteiger partial charge is 0 e. The Morgan fingerprint density at radius 3 is 0.636 bits per heavy atom. The van der Waals surface area contributed by atoms with Crippen LogP contribution in [-0.4, -0.2) is 62.1 Å². The molecular weight excluding hydrogens is 412 g/mol. The number of rotatable bonds is 0. The Bertz CT molecular complexity index is 55.1. The second kappa shape index (κ2) is 7.51. The molecule has 3 heteroatoms. The molecule has 0 bridgehead atoms. The summed E-state index contributed by atoms with van der Waals surface area (Å²) >= 11 is 3.24. The zero-order chi connectivity index (χ0) is 9.00. The molecule has 64 valence electrons. The summed E-state index contributed by atoms with van der Waals surface area (Å²) in [5.41, 5.74) is 0. The number of hydrogen-bond acceptors (Lipinski definition) is 0. The summed E-state index contributed by atoms with van der Waals surface area (Å²) in [6, 6.07) is 0. The van der Waals surface area contributed by atoms with Crippen molar-refractivity contribution in [3.63, 3.8) is 0 Å². The first-order valence-corrected chi connectivity index (χ1v) is 6.35. The van der Waals surface area contributed by atoms with Gasteiger partial charge in [-0.05, 0) is 0 Å². The molecule has 0 aromatic carbocycles. The minimum absolute atomic E-state index is 0. The molecule has 0 spiro atoms. The van der Waals surface area contributed by atoms with E-state index in [2.05, 4.69) is 41.5 Å². The van der Waals surface area contributed by atoms with Gasteiger partial charge in [-0.1, -0.05) is 0 Å². The van der Waals surface area contributed by atoms with E-state index in [1.54, 1.807) is 45.0 Å². The second-order valence-corrected chi connectivity index (χ2v) is 13.1. The molecule has 0 amide bonds. The fourth-order valence-corrected chi connectivity index (χ4v) is 0. The van der Waals surface area contributed by atoms with Gasteiger partial charge in [0.1, 0.15) is 0 Å². The summed E-state index contributed by atoms with van der Waals surface area (Å²) in [6.45, 7) is 13.4. The molecule has 0 nitrogen and oxygen atoms in total. The van der Waals surface area contributed by atoms with Gasteiger partial charge >= 0.3 is 93.5 Å². The first-order valence-electron chi connectivity index (χ1n) is 3.50. The van der Waals surface area contributed by atoms with Crippen LogP contribution >= 0.6 is 0 Å². The summed E-state index contributed by atoms with van der Waals surface area (Å²) in [7, 11) is 0. The van der Waals surface area contributed by atoms with Crippen molar-refractivity contribution in [1.29, 1.82) is 0 Å². The van der Waals surface area contributed by atoms with Crippen LogP contribution in [-0.2, 0) is 0 Å². The molecule has 0 aliphatic heterocycles. The van der Waals surface area contributed by atoms with Gasteiger partial charge in [0, 0.05) is 17.1 Å². The van der Waals surface area contributed by atoms with E-state index in [0.29, 0.717) is 6.86 Å². The predicted molar refractivity (Wildman–Crippen MR) is 56.7 cm³/mol. The maximum atomic E-state index is 2.23. The molecule has 0 unspecified atom stereocenters. The molecule has 0 saturated heterocycles. The van der Waals surface area contributed by atoms with Crippen LogP contribution in [0.4, 0.5) is 0 Å². The van der Waals surface area contributed by atoms with Crippen LogP contribution in [0.5, 0.6) is 0 Å². The van der Waals surface area contributed by atoms with Crippen LogP contribution in [0.3, 0.4) is 0 Å². The van der Waals surface area contributed by atoms with Crippen molar-refractivity contribution in [1.82, 2.24) is 0 Å². The Morgan fingerprint density at radius 1 is 0.636 bits per heavy atom. The fraction of sp³-hybridized carbons (Fsp3) is 1.00. The average molecular weight is 431 g/mol. The van der Waals surface area contributed by atoms with Crippen molar-refractivity contribution in [3.05, 3.63) is 0 Å². The average Bonchev–Trinajstić information content (AvgIpc) is 1.12. The predicted octanol–water partition coefficient (Wildman–Crippen LogP) is 2.37. The topological polar surface area (TPSA) is 0 Å². The summed E-state index contributed by atoms with van der Waals surface area (Å²) in [6.07, 6.45) is 0. The molecule has 0 saturated carbocycles. The third-order valence-electron chi connectivity index (χ3n) is 0. The molecular formula is C8H18SeSn2. The molecule has 0 fully saturated rings. The van der Waals surface area contributed by atoms with Gasteiger partial charge < -0.3 is 0 Å². The van der Waals surface area contributed by atoms with Crippen LogP contribution in [0, 0.1) is 0 Å². The minimum atomic E-state index is 0. The standard InChI is InChI=1S/2C4H9.Se.2Sn/c2*1-4(2)3;;;/h2*1-3H3;;;. The molecule has 8 radical (unpaired) electrons. The van der Waals surface area contributed by atoms with Gasteiger partial charge in [0.05, 0.1) is 0 Å². The van der Waals surface area contributed by atoms with E-state index in [-0.39, 0.29) is 17.1 Å². The Labute approximate surface area is 109 Å². The van der Waals surface area contributed by atoms with Crippen LogP contribution in [0.2, 0.25) is 6.86 Å². The van der Waals surface area contributed by atoms with Gasteiger partial charge in [-0.3, -0.25) is 0 Å². The van der Waals surface area contributed by atoms with E-state index in [1.165, 1.54) is 0 Å². The normalized spacial score (nSPS) is 10.9. The molecule has 0 aliphatic rings. The van der Waals surface area contributed by atoms with Gasteiger partial charge in [-0.15, -0.1) is 0 Å². The zero-order valence-corrected chi connectivity index (χ0v) is 15.8. The van der Waals surface area contributed by atoms with Crippen LogP contribution in [0.25, 0.3) is 0 Å². The Balaban J connectivity index is -0.000000107. The Kier molecular flexibility index (Phi) is 12.9. The molecule has 0 heterocycles.